The van der Waals surface area contributed by atoms with Gasteiger partial charge in [-0.3, -0.25) is 4.79 Å². The normalized spacial score (nSPS) is 11.1. The lowest BCUT2D eigenvalue weighted by Crippen LogP contribution is -2.09. The van der Waals surface area contributed by atoms with Crippen molar-refractivity contribution in [3.63, 3.8) is 0 Å². The van der Waals surface area contributed by atoms with E-state index in [0.29, 0.717) is 18.8 Å². The zero-order chi connectivity index (χ0) is 15.0. The Labute approximate surface area is 119 Å². The number of methoxy groups -OCH3 is 1. The number of sulfone groups is 1. The van der Waals surface area contributed by atoms with Crippen LogP contribution in [0.25, 0.3) is 0 Å². The quantitative estimate of drug-likeness (QED) is 0.580. The highest BCUT2D eigenvalue weighted by atomic mass is 32.2. The SMILES string of the molecule is COC(=O)CCCCCNc1ncccc1S(C)(=O)=O. The molecule has 1 N–H and O–H groups in total. The third-order valence-corrected chi connectivity index (χ3v) is 3.88. The lowest BCUT2D eigenvalue weighted by atomic mass is 10.2. The van der Waals surface area contributed by atoms with Crippen molar-refractivity contribution in [3.8, 4) is 0 Å². The standard InChI is InChI=1S/C13H20N2O4S/c1-19-12(16)8-4-3-5-9-14-13-11(20(2,17)18)7-6-10-15-13/h6-7,10H,3-5,8-9H2,1-2H3,(H,14,15). The lowest BCUT2D eigenvalue weighted by Gasteiger charge is -2.09. The van der Waals surface area contributed by atoms with Crippen LogP contribution >= 0.6 is 0 Å². The topological polar surface area (TPSA) is 85.4 Å². The number of ether oxygens (including phenoxy) is 1. The Hall–Kier alpha value is -1.63. The molecule has 0 aliphatic heterocycles. The number of anilines is 1. The van der Waals surface area contributed by atoms with Crippen molar-refractivity contribution in [1.29, 1.82) is 0 Å². The van der Waals surface area contributed by atoms with Gasteiger partial charge in [0.1, 0.15) is 10.7 Å². The third-order valence-electron chi connectivity index (χ3n) is 2.75. The molecule has 0 aromatic carbocycles. The molecule has 1 aromatic rings. The maximum atomic E-state index is 11.6. The number of nitrogens with zero attached hydrogens (tertiary/aromatic N) is 1. The van der Waals surface area contributed by atoms with Crippen LogP contribution in [-0.4, -0.2) is 39.3 Å². The molecule has 6 nitrogen and oxygen atoms in total. The smallest absolute Gasteiger partial charge is 0.305 e. The zero-order valence-electron chi connectivity index (χ0n) is 11.8. The molecule has 0 spiro atoms. The first-order valence-electron chi connectivity index (χ1n) is 6.41. The molecule has 0 atom stereocenters. The van der Waals surface area contributed by atoms with Gasteiger partial charge in [0.25, 0.3) is 0 Å². The summed E-state index contributed by atoms with van der Waals surface area (Å²) in [6.45, 7) is 0.612. The third kappa shape index (κ3) is 5.56. The fourth-order valence-corrected chi connectivity index (χ4v) is 2.50. The second-order valence-electron chi connectivity index (χ2n) is 4.44. The van der Waals surface area contributed by atoms with Crippen LogP contribution in [-0.2, 0) is 19.4 Å². The largest absolute Gasteiger partial charge is 0.469 e. The molecule has 0 saturated carbocycles. The summed E-state index contributed by atoms with van der Waals surface area (Å²) < 4.78 is 27.7. The van der Waals surface area contributed by atoms with E-state index in [1.807, 2.05) is 0 Å². The second kappa shape index (κ2) is 7.84. The summed E-state index contributed by atoms with van der Waals surface area (Å²) in [6, 6.07) is 3.12. The molecule has 1 aromatic heterocycles. The molecule has 0 aliphatic carbocycles. The fraction of sp³-hybridized carbons (Fsp3) is 0.538. The van der Waals surface area contributed by atoms with Gasteiger partial charge in [-0.05, 0) is 25.0 Å². The Morgan fingerprint density at radius 3 is 2.75 bits per heavy atom. The van der Waals surface area contributed by atoms with Crippen LogP contribution in [0.2, 0.25) is 0 Å². The molecule has 0 radical (unpaired) electrons. The van der Waals surface area contributed by atoms with Crippen molar-refractivity contribution in [3.05, 3.63) is 18.3 Å². The molecule has 0 fully saturated rings. The van der Waals surface area contributed by atoms with Gasteiger partial charge in [0.05, 0.1) is 7.11 Å². The fourth-order valence-electron chi connectivity index (χ4n) is 1.70. The van der Waals surface area contributed by atoms with Crippen LogP contribution in [0.4, 0.5) is 5.82 Å². The average Bonchev–Trinajstić information content (AvgIpc) is 2.41. The molecule has 1 heterocycles. The van der Waals surface area contributed by atoms with E-state index in [4.69, 9.17) is 0 Å². The Morgan fingerprint density at radius 1 is 1.35 bits per heavy atom. The summed E-state index contributed by atoms with van der Waals surface area (Å²) in [5, 5.41) is 3.02. The highest BCUT2D eigenvalue weighted by Gasteiger charge is 2.13. The number of hydrogen-bond donors (Lipinski definition) is 1. The van der Waals surface area contributed by atoms with Gasteiger partial charge in [0, 0.05) is 25.4 Å². The van der Waals surface area contributed by atoms with E-state index in [2.05, 4.69) is 15.0 Å². The minimum absolute atomic E-state index is 0.203. The molecule has 0 amide bonds. The van der Waals surface area contributed by atoms with Gasteiger partial charge in [0.2, 0.25) is 0 Å². The summed E-state index contributed by atoms with van der Waals surface area (Å²) in [4.78, 5) is 15.1. The van der Waals surface area contributed by atoms with Crippen molar-refractivity contribution >= 4 is 21.6 Å². The van der Waals surface area contributed by atoms with Crippen LogP contribution in [0.15, 0.2) is 23.2 Å². The molecule has 0 aliphatic rings. The number of pyridine rings is 1. The van der Waals surface area contributed by atoms with Crippen molar-refractivity contribution < 1.29 is 17.9 Å². The summed E-state index contributed by atoms with van der Waals surface area (Å²) >= 11 is 0. The molecule has 1 rings (SSSR count). The number of nitrogens with one attached hydrogen (secondary N) is 1. The number of unbranched alkanes of at least 4 members (excludes halogenated alkanes) is 2. The average molecular weight is 300 g/mol. The van der Waals surface area contributed by atoms with Crippen molar-refractivity contribution in [2.75, 3.05) is 25.2 Å². The Balaban J connectivity index is 2.38. The molecular weight excluding hydrogens is 280 g/mol. The second-order valence-corrected chi connectivity index (χ2v) is 6.42. The predicted octanol–water partition coefficient (Wildman–Crippen LogP) is 1.63. The van der Waals surface area contributed by atoms with E-state index in [1.54, 1.807) is 12.3 Å². The Kier molecular flexibility index (Phi) is 6.44. The summed E-state index contributed by atoms with van der Waals surface area (Å²) in [5.74, 6) is 0.171. The monoisotopic (exact) mass is 300 g/mol. The Morgan fingerprint density at radius 2 is 2.10 bits per heavy atom. The van der Waals surface area contributed by atoms with Gasteiger partial charge in [-0.2, -0.15) is 0 Å². The van der Waals surface area contributed by atoms with Crippen molar-refractivity contribution in [1.82, 2.24) is 4.98 Å². The molecule has 112 valence electrons. The van der Waals surface area contributed by atoms with Gasteiger partial charge < -0.3 is 10.1 Å². The van der Waals surface area contributed by atoms with Gasteiger partial charge in [0.15, 0.2) is 9.84 Å². The lowest BCUT2D eigenvalue weighted by molar-refractivity contribution is -0.140. The molecule has 0 bridgehead atoms. The summed E-state index contributed by atoms with van der Waals surface area (Å²) in [5.41, 5.74) is 0. The predicted molar refractivity (Wildman–Crippen MR) is 76.3 cm³/mol. The van der Waals surface area contributed by atoms with Gasteiger partial charge in [-0.25, -0.2) is 13.4 Å². The molecule has 7 heteroatoms. The van der Waals surface area contributed by atoms with Crippen LogP contribution in [0.5, 0.6) is 0 Å². The zero-order valence-corrected chi connectivity index (χ0v) is 12.6. The first-order valence-corrected chi connectivity index (χ1v) is 8.30. The number of aromatic nitrogens is 1. The number of hydrogen-bond acceptors (Lipinski definition) is 6. The van der Waals surface area contributed by atoms with Crippen LogP contribution in [0.1, 0.15) is 25.7 Å². The van der Waals surface area contributed by atoms with Crippen LogP contribution < -0.4 is 5.32 Å². The highest BCUT2D eigenvalue weighted by molar-refractivity contribution is 7.90. The van der Waals surface area contributed by atoms with E-state index in [0.717, 1.165) is 25.5 Å². The highest BCUT2D eigenvalue weighted by Crippen LogP contribution is 2.17. The summed E-state index contributed by atoms with van der Waals surface area (Å²) in [7, 11) is -1.91. The van der Waals surface area contributed by atoms with E-state index in [-0.39, 0.29) is 10.9 Å². The number of carbonyl (C=O) groups excluding carboxylic acids is 1. The van der Waals surface area contributed by atoms with E-state index >= 15 is 0 Å². The minimum Gasteiger partial charge on any atom is -0.469 e. The molecule has 0 saturated heterocycles. The summed E-state index contributed by atoms with van der Waals surface area (Å²) in [6.07, 6.45) is 5.57. The first kappa shape index (κ1) is 16.4. The molecule has 0 unspecified atom stereocenters. The molecular formula is C13H20N2O4S. The van der Waals surface area contributed by atoms with Gasteiger partial charge in [-0.1, -0.05) is 6.42 Å². The molecule has 20 heavy (non-hydrogen) atoms. The van der Waals surface area contributed by atoms with E-state index < -0.39 is 9.84 Å². The van der Waals surface area contributed by atoms with Crippen LogP contribution in [0.3, 0.4) is 0 Å². The van der Waals surface area contributed by atoms with Crippen molar-refractivity contribution in [2.24, 2.45) is 0 Å². The number of carbonyl (C=O) groups is 1. The number of esters is 1. The van der Waals surface area contributed by atoms with Gasteiger partial charge >= 0.3 is 5.97 Å². The van der Waals surface area contributed by atoms with Crippen molar-refractivity contribution in [2.45, 2.75) is 30.6 Å². The first-order chi connectivity index (χ1) is 9.45. The minimum atomic E-state index is -3.28. The number of rotatable bonds is 8. The Bertz CT molecular complexity index is 543. The maximum absolute atomic E-state index is 11.6. The van der Waals surface area contributed by atoms with Gasteiger partial charge in [-0.15, -0.1) is 0 Å². The van der Waals surface area contributed by atoms with Crippen LogP contribution in [0, 0.1) is 0 Å². The maximum Gasteiger partial charge on any atom is 0.305 e. The van der Waals surface area contributed by atoms with E-state index in [9.17, 15) is 13.2 Å². The van der Waals surface area contributed by atoms with E-state index in [1.165, 1.54) is 13.2 Å².